The Hall–Kier alpha value is -1.36. The van der Waals surface area contributed by atoms with Gasteiger partial charge < -0.3 is 10.6 Å². The van der Waals surface area contributed by atoms with Crippen molar-refractivity contribution in [3.63, 3.8) is 0 Å². The third kappa shape index (κ3) is 7.72. The number of amides is 2. The van der Waals surface area contributed by atoms with E-state index < -0.39 is 6.04 Å². The van der Waals surface area contributed by atoms with E-state index in [1.807, 2.05) is 39.0 Å². The molecule has 2 N–H and O–H groups in total. The van der Waals surface area contributed by atoms with Crippen LogP contribution in [0, 0.1) is 24.7 Å². The Kier molecular flexibility index (Phi) is 10.4. The third-order valence-electron chi connectivity index (χ3n) is 6.36. The first-order valence-corrected chi connectivity index (χ1v) is 12.5. The van der Waals surface area contributed by atoms with Crippen LogP contribution in [0.15, 0.2) is 22.7 Å². The molecule has 168 valence electrons. The van der Waals surface area contributed by atoms with Gasteiger partial charge in [0.15, 0.2) is 0 Å². The highest BCUT2D eigenvalue weighted by Crippen LogP contribution is 2.32. The van der Waals surface area contributed by atoms with E-state index in [0.717, 1.165) is 47.3 Å². The zero-order valence-electron chi connectivity index (χ0n) is 19.1. The molecule has 1 aromatic carbocycles. The summed E-state index contributed by atoms with van der Waals surface area (Å²) >= 11 is 3.48. The minimum absolute atomic E-state index is 0.0281. The largest absolute Gasteiger partial charge is 0.344 e. The molecule has 2 rings (SSSR count). The summed E-state index contributed by atoms with van der Waals surface area (Å²) in [5, 5.41) is 6.01. The number of hydrogen-bond donors (Lipinski definition) is 2. The fourth-order valence-corrected chi connectivity index (χ4v) is 4.57. The molecule has 0 aliphatic heterocycles. The van der Waals surface area contributed by atoms with Gasteiger partial charge >= 0.3 is 0 Å². The highest BCUT2D eigenvalue weighted by Gasteiger charge is 2.30. The van der Waals surface area contributed by atoms with Crippen molar-refractivity contribution >= 4 is 33.4 Å². The van der Waals surface area contributed by atoms with Gasteiger partial charge in [0, 0.05) is 16.1 Å². The maximum absolute atomic E-state index is 12.9. The first kappa shape index (κ1) is 24.9. The summed E-state index contributed by atoms with van der Waals surface area (Å²) in [5.41, 5.74) is 1.81. The summed E-state index contributed by atoms with van der Waals surface area (Å²) in [6.07, 6.45) is 10.7. The van der Waals surface area contributed by atoms with Crippen LogP contribution >= 0.6 is 15.9 Å². The zero-order chi connectivity index (χ0) is 22.1. The number of halogens is 1. The molecule has 1 aliphatic carbocycles. The van der Waals surface area contributed by atoms with Crippen LogP contribution in [-0.2, 0) is 9.59 Å². The molecule has 1 aromatic rings. The Morgan fingerprint density at radius 3 is 2.40 bits per heavy atom. The second kappa shape index (κ2) is 12.5. The first-order valence-electron chi connectivity index (χ1n) is 11.7. The monoisotopic (exact) mass is 478 g/mol. The molecule has 0 bridgehead atoms. The molecule has 0 unspecified atom stereocenters. The molecule has 5 heteroatoms. The summed E-state index contributed by atoms with van der Waals surface area (Å²) in [6, 6.07) is 5.21. The van der Waals surface area contributed by atoms with E-state index in [9.17, 15) is 9.59 Å². The number of unbranched alkanes of at least 4 members (excludes halogenated alkanes) is 3. The summed E-state index contributed by atoms with van der Waals surface area (Å²) < 4.78 is 1.01. The standard InChI is InChI=1S/C25H39BrN2O2/c1-5-6-7-8-9-19-10-12-20(13-11-19)24(29)28-23(17(2)3)25(30)27-21-14-15-22(26)18(4)16-21/h14-17,19-20,23H,5-13H2,1-4H3,(H,27,30)(H,28,29)/t19?,20?,23-/m0/s1. The molecule has 1 aliphatic rings. The molecule has 2 amide bonds. The van der Waals surface area contributed by atoms with Gasteiger partial charge in [-0.05, 0) is 68.2 Å². The van der Waals surface area contributed by atoms with Crippen LogP contribution in [0.3, 0.4) is 0 Å². The normalized spacial score (nSPS) is 20.1. The minimum atomic E-state index is -0.520. The first-order chi connectivity index (χ1) is 14.3. The Balaban J connectivity index is 1.85. The van der Waals surface area contributed by atoms with Crippen molar-refractivity contribution in [1.29, 1.82) is 0 Å². The van der Waals surface area contributed by atoms with E-state index in [1.165, 1.54) is 32.1 Å². The Morgan fingerprint density at radius 1 is 1.10 bits per heavy atom. The van der Waals surface area contributed by atoms with Gasteiger partial charge in [-0.3, -0.25) is 9.59 Å². The Morgan fingerprint density at radius 2 is 1.80 bits per heavy atom. The molecule has 0 spiro atoms. The SMILES string of the molecule is CCCCCCC1CCC(C(=O)N[C@H](C(=O)Nc2ccc(Br)c(C)c2)C(C)C)CC1. The molecule has 1 atom stereocenters. The summed E-state index contributed by atoms with van der Waals surface area (Å²) in [7, 11) is 0. The number of hydrogen-bond acceptors (Lipinski definition) is 2. The average Bonchev–Trinajstić information content (AvgIpc) is 2.72. The predicted octanol–water partition coefficient (Wildman–Crippen LogP) is 6.61. The van der Waals surface area contributed by atoms with Gasteiger partial charge in [-0.15, -0.1) is 0 Å². The van der Waals surface area contributed by atoms with Gasteiger partial charge in [-0.2, -0.15) is 0 Å². The number of rotatable bonds is 10. The molecule has 30 heavy (non-hydrogen) atoms. The lowest BCUT2D eigenvalue weighted by atomic mass is 9.79. The Labute approximate surface area is 191 Å². The van der Waals surface area contributed by atoms with Gasteiger partial charge in [0.1, 0.15) is 6.04 Å². The highest BCUT2D eigenvalue weighted by molar-refractivity contribution is 9.10. The number of nitrogens with one attached hydrogen (secondary N) is 2. The second-order valence-corrected chi connectivity index (χ2v) is 10.1. The van der Waals surface area contributed by atoms with Crippen LogP contribution in [0.4, 0.5) is 5.69 Å². The van der Waals surface area contributed by atoms with Crippen LogP contribution in [0.1, 0.15) is 84.1 Å². The lowest BCUT2D eigenvalue weighted by Crippen LogP contribution is -2.49. The van der Waals surface area contributed by atoms with Crippen molar-refractivity contribution < 1.29 is 9.59 Å². The van der Waals surface area contributed by atoms with Crippen LogP contribution < -0.4 is 10.6 Å². The molecule has 4 nitrogen and oxygen atoms in total. The van der Waals surface area contributed by atoms with Gasteiger partial charge in [-0.25, -0.2) is 0 Å². The zero-order valence-corrected chi connectivity index (χ0v) is 20.7. The molecule has 1 saturated carbocycles. The van der Waals surface area contributed by atoms with E-state index in [2.05, 4.69) is 33.5 Å². The van der Waals surface area contributed by atoms with E-state index in [-0.39, 0.29) is 23.7 Å². The highest BCUT2D eigenvalue weighted by atomic mass is 79.9. The van der Waals surface area contributed by atoms with Gasteiger partial charge in [-0.1, -0.05) is 68.8 Å². The molecular weight excluding hydrogens is 440 g/mol. The minimum Gasteiger partial charge on any atom is -0.344 e. The summed E-state index contributed by atoms with van der Waals surface area (Å²) in [5.74, 6) is 0.738. The average molecular weight is 480 g/mol. The summed E-state index contributed by atoms with van der Waals surface area (Å²) in [4.78, 5) is 25.7. The molecular formula is C25H39BrN2O2. The number of benzene rings is 1. The molecule has 0 saturated heterocycles. The second-order valence-electron chi connectivity index (χ2n) is 9.25. The van der Waals surface area contributed by atoms with E-state index >= 15 is 0 Å². The number of carbonyl (C=O) groups excluding carboxylic acids is 2. The molecule has 0 aromatic heterocycles. The summed E-state index contributed by atoms with van der Waals surface area (Å²) in [6.45, 7) is 8.19. The molecule has 0 heterocycles. The van der Waals surface area contributed by atoms with Gasteiger partial charge in [0.25, 0.3) is 0 Å². The number of anilines is 1. The van der Waals surface area contributed by atoms with Crippen molar-refractivity contribution in [2.75, 3.05) is 5.32 Å². The topological polar surface area (TPSA) is 58.2 Å². The number of carbonyl (C=O) groups is 2. The van der Waals surface area contributed by atoms with Crippen molar-refractivity contribution in [2.45, 2.75) is 91.5 Å². The Bertz CT molecular complexity index is 696. The van der Waals surface area contributed by atoms with Crippen LogP contribution in [0.25, 0.3) is 0 Å². The third-order valence-corrected chi connectivity index (χ3v) is 7.25. The lowest BCUT2D eigenvalue weighted by molar-refractivity contribution is -0.131. The fraction of sp³-hybridized carbons (Fsp3) is 0.680. The van der Waals surface area contributed by atoms with Crippen molar-refractivity contribution in [3.05, 3.63) is 28.2 Å². The maximum Gasteiger partial charge on any atom is 0.247 e. The van der Waals surface area contributed by atoms with Gasteiger partial charge in [0.2, 0.25) is 11.8 Å². The van der Waals surface area contributed by atoms with Crippen molar-refractivity contribution in [1.82, 2.24) is 5.32 Å². The van der Waals surface area contributed by atoms with Crippen LogP contribution in [0.5, 0.6) is 0 Å². The van der Waals surface area contributed by atoms with Crippen LogP contribution in [0.2, 0.25) is 0 Å². The predicted molar refractivity (Wildman–Crippen MR) is 128 cm³/mol. The number of aryl methyl sites for hydroxylation is 1. The van der Waals surface area contributed by atoms with Crippen molar-refractivity contribution in [2.24, 2.45) is 17.8 Å². The smallest absolute Gasteiger partial charge is 0.247 e. The molecule has 1 fully saturated rings. The van der Waals surface area contributed by atoms with E-state index in [1.54, 1.807) is 0 Å². The quantitative estimate of drug-likeness (QED) is 0.371. The maximum atomic E-state index is 12.9. The molecule has 0 radical (unpaired) electrons. The lowest BCUT2D eigenvalue weighted by Gasteiger charge is -2.30. The van der Waals surface area contributed by atoms with E-state index in [0.29, 0.717) is 0 Å². The van der Waals surface area contributed by atoms with Gasteiger partial charge in [0.05, 0.1) is 0 Å². The van der Waals surface area contributed by atoms with Crippen molar-refractivity contribution in [3.8, 4) is 0 Å². The van der Waals surface area contributed by atoms with E-state index in [4.69, 9.17) is 0 Å². The fourth-order valence-electron chi connectivity index (χ4n) is 4.32. The van der Waals surface area contributed by atoms with Crippen LogP contribution in [-0.4, -0.2) is 17.9 Å².